The van der Waals surface area contributed by atoms with Crippen LogP contribution in [0.2, 0.25) is 0 Å². The van der Waals surface area contributed by atoms with Gasteiger partial charge in [0.1, 0.15) is 0 Å². The van der Waals surface area contributed by atoms with E-state index >= 15 is 0 Å². The average molecular weight is 239 g/mol. The van der Waals surface area contributed by atoms with Crippen molar-refractivity contribution in [2.45, 2.75) is 0 Å². The van der Waals surface area contributed by atoms with Crippen LogP contribution >= 0.6 is 0 Å². The van der Waals surface area contributed by atoms with E-state index in [9.17, 15) is 19.9 Å². The van der Waals surface area contributed by atoms with E-state index in [0.29, 0.717) is 0 Å². The van der Waals surface area contributed by atoms with E-state index in [4.69, 9.17) is 5.11 Å². The molecule has 0 heterocycles. The van der Waals surface area contributed by atoms with Gasteiger partial charge in [-0.1, -0.05) is 0 Å². The van der Waals surface area contributed by atoms with E-state index in [-0.39, 0.29) is 22.4 Å². The first-order chi connectivity index (χ1) is 4.09. The predicted molar refractivity (Wildman–Crippen MR) is 23.4 cm³/mol. The smallest absolute Gasteiger partial charge is 0.355 e. The summed E-state index contributed by atoms with van der Waals surface area (Å²) in [6.07, 6.45) is 0. The summed E-state index contributed by atoms with van der Waals surface area (Å²) in [5.74, 6) is -3.98. The minimum atomic E-state index is -2.09. The van der Waals surface area contributed by atoms with Crippen molar-refractivity contribution in [1.82, 2.24) is 0 Å². The first-order valence-corrected chi connectivity index (χ1v) is 1.74. The van der Waals surface area contributed by atoms with Gasteiger partial charge in [-0.15, -0.1) is 0 Å². The fourth-order valence-corrected chi connectivity index (χ4v) is 0.164. The van der Waals surface area contributed by atoms with E-state index in [1.165, 1.54) is 0 Å². The van der Waals surface area contributed by atoms with E-state index < -0.39 is 17.7 Å². The van der Waals surface area contributed by atoms with Gasteiger partial charge in [0.05, 0.1) is 5.97 Å². The molecule has 0 saturated carbocycles. The van der Waals surface area contributed by atoms with Crippen LogP contribution in [0.15, 0.2) is 5.16 Å². The van der Waals surface area contributed by atoms with Crippen LogP contribution in [-0.4, -0.2) is 22.8 Å². The summed E-state index contributed by atoms with van der Waals surface area (Å²) in [6, 6.07) is 0. The van der Waals surface area contributed by atoms with Crippen LogP contribution in [0.1, 0.15) is 0 Å². The van der Waals surface area contributed by atoms with E-state index in [0.717, 1.165) is 0 Å². The number of nitrogens with zero attached hydrogens (tertiary/aromatic N) is 1. The molecule has 10 heavy (non-hydrogen) atoms. The number of rotatable bonds is 2. The Balaban J connectivity index is 0. The van der Waals surface area contributed by atoms with Gasteiger partial charge in [0.2, 0.25) is 0 Å². The van der Waals surface area contributed by atoms with Crippen LogP contribution in [0.4, 0.5) is 0 Å². The molecule has 7 heteroatoms. The Morgan fingerprint density at radius 2 is 1.80 bits per heavy atom. The molecule has 0 aliphatic rings. The Labute approximate surface area is 70.7 Å². The van der Waals surface area contributed by atoms with E-state index in [1.54, 1.807) is 5.16 Å². The maximum Gasteiger partial charge on any atom is 0.355 e. The molecule has 0 aromatic heterocycles. The van der Waals surface area contributed by atoms with Crippen molar-refractivity contribution >= 4 is 17.7 Å². The molecule has 0 aliphatic carbocycles. The summed E-state index contributed by atoms with van der Waals surface area (Å²) in [6.45, 7) is 0. The Hall–Kier alpha value is -0.850. The van der Waals surface area contributed by atoms with Gasteiger partial charge in [0.15, 0.2) is 5.71 Å². The molecule has 0 bridgehead atoms. The molecule has 0 aromatic rings. The molecule has 0 atom stereocenters. The summed E-state index contributed by atoms with van der Waals surface area (Å²) < 4.78 is 0. The Kier molecular flexibility index (Phi) is 5.92. The monoisotopic (exact) mass is 238 g/mol. The van der Waals surface area contributed by atoms with Gasteiger partial charge in [-0.25, -0.2) is 4.79 Å². The molecule has 6 nitrogen and oxygen atoms in total. The summed E-state index contributed by atoms with van der Waals surface area (Å²) in [5, 5.41) is 28.3. The second-order valence-corrected chi connectivity index (χ2v) is 1.03. The molecule has 0 spiro atoms. The summed E-state index contributed by atoms with van der Waals surface area (Å²) in [4.78, 5) is 19.2. The molecule has 0 rings (SSSR count). The van der Waals surface area contributed by atoms with Crippen molar-refractivity contribution in [2.75, 3.05) is 0 Å². The van der Waals surface area contributed by atoms with Crippen LogP contribution in [0.25, 0.3) is 0 Å². The van der Waals surface area contributed by atoms with Crippen LogP contribution < -0.4 is 5.11 Å². The number of hydrogen-bond acceptors (Lipinski definition) is 5. The fourth-order valence-electron chi connectivity index (χ4n) is 0.164. The van der Waals surface area contributed by atoms with Crippen molar-refractivity contribution in [3.8, 4) is 0 Å². The minimum Gasteiger partial charge on any atom is -0.791 e. The van der Waals surface area contributed by atoms with Gasteiger partial charge in [0.25, 0.3) is 0 Å². The van der Waals surface area contributed by atoms with E-state index in [1.807, 2.05) is 0 Å². The van der Waals surface area contributed by atoms with Crippen molar-refractivity contribution in [3.63, 3.8) is 0 Å². The normalized spacial score (nSPS) is 9.80. The van der Waals surface area contributed by atoms with Crippen LogP contribution in [-0.2, 0) is 32.0 Å². The quantitative estimate of drug-likeness (QED) is 0.253. The Bertz CT molecular complexity index is 160. The molecular formula is C3HAgNO5-2. The number of carboxylic acid groups (broad SMARTS) is 2. The second-order valence-electron chi connectivity index (χ2n) is 1.03. The third-order valence-electron chi connectivity index (χ3n) is 0.487. The van der Waals surface area contributed by atoms with Gasteiger partial charge in [-0.2, -0.15) is 0 Å². The zero-order chi connectivity index (χ0) is 7.44. The third-order valence-corrected chi connectivity index (χ3v) is 0.487. The molecule has 0 saturated heterocycles. The summed E-state index contributed by atoms with van der Waals surface area (Å²) >= 11 is 0. The van der Waals surface area contributed by atoms with Crippen molar-refractivity contribution < 1.29 is 42.2 Å². The van der Waals surface area contributed by atoms with Gasteiger partial charge in [-0.3, -0.25) is 0 Å². The first-order valence-electron chi connectivity index (χ1n) is 1.74. The minimum absolute atomic E-state index is 0. The predicted octanol–water partition coefficient (Wildman–Crippen LogP) is -2.24. The maximum atomic E-state index is 9.62. The van der Waals surface area contributed by atoms with Crippen molar-refractivity contribution in [3.05, 3.63) is 5.21 Å². The number of carbonyl (C=O) groups excluding carboxylic acids is 1. The summed E-state index contributed by atoms with van der Waals surface area (Å²) in [5.41, 5.74) is -1.52. The number of hydrogen-bond donors (Lipinski definition) is 1. The molecule has 0 amide bonds. The topological polar surface area (TPSA) is 113 Å². The van der Waals surface area contributed by atoms with Crippen LogP contribution in [0.5, 0.6) is 0 Å². The van der Waals surface area contributed by atoms with Crippen LogP contribution in [0.3, 0.4) is 0 Å². The Morgan fingerprint density at radius 1 is 1.40 bits per heavy atom. The van der Waals surface area contributed by atoms with Crippen molar-refractivity contribution in [2.24, 2.45) is 5.16 Å². The fraction of sp³-hybridized carbons (Fsp3) is 0. The molecule has 0 fully saturated rings. The molecule has 0 unspecified atom stereocenters. The zero-order valence-corrected chi connectivity index (χ0v) is 5.81. The SMILES string of the molecule is O=C([O-])C(=N[O-])C(=O)O.[Ag]. The number of aliphatic carboxylic acids is 2. The van der Waals surface area contributed by atoms with Gasteiger partial charge >= 0.3 is 5.97 Å². The van der Waals surface area contributed by atoms with Crippen molar-refractivity contribution in [1.29, 1.82) is 0 Å². The molecule has 0 aromatic carbocycles. The van der Waals surface area contributed by atoms with Crippen LogP contribution in [0, 0.1) is 5.21 Å². The Morgan fingerprint density at radius 3 is 1.80 bits per heavy atom. The van der Waals surface area contributed by atoms with Gasteiger partial charge < -0.3 is 25.4 Å². The molecular weight excluding hydrogens is 238 g/mol. The van der Waals surface area contributed by atoms with E-state index in [2.05, 4.69) is 0 Å². The molecule has 0 aliphatic heterocycles. The maximum absolute atomic E-state index is 9.62. The molecule has 61 valence electrons. The molecule has 1 radical (unpaired) electrons. The summed E-state index contributed by atoms with van der Waals surface area (Å²) in [7, 11) is 0. The standard InChI is InChI=1S/C3H3NO5.Ag/c5-2(6)1(4-9)3(7)8;/h9H,(H,5,6)(H,7,8);/p-2. The number of carboxylic acids is 2. The average Bonchev–Trinajstić information content (AvgIpc) is 1.64. The van der Waals surface area contributed by atoms with Gasteiger partial charge in [-0.05, 0) is 0 Å². The number of carbonyl (C=O) groups is 2. The first kappa shape index (κ1) is 11.9. The zero-order valence-electron chi connectivity index (χ0n) is 4.33. The molecule has 1 N–H and O–H groups in total. The third kappa shape index (κ3) is 3.23. The second kappa shape index (κ2) is 4.98. The van der Waals surface area contributed by atoms with Gasteiger partial charge in [0, 0.05) is 22.4 Å². The largest absolute Gasteiger partial charge is 0.791 e.